The Morgan fingerprint density at radius 2 is 1.60 bits per heavy atom. The predicted molar refractivity (Wildman–Crippen MR) is 27.7 cm³/mol. The molecule has 0 heterocycles. The first kappa shape index (κ1) is 12.9. The largest absolute Gasteiger partial charge is 0.523 e. The molecule has 0 rings (SSSR count). The Labute approximate surface area is 67.8 Å². The Kier molecular flexibility index (Phi) is 4.68. The van der Waals surface area contributed by atoms with Crippen LogP contribution in [0.25, 0.3) is 0 Å². The van der Waals surface area contributed by atoms with Gasteiger partial charge in [-0.25, -0.2) is 0 Å². The third kappa shape index (κ3) is 2.92. The van der Waals surface area contributed by atoms with Gasteiger partial charge in [0.05, 0.1) is 7.11 Å². The summed E-state index contributed by atoms with van der Waals surface area (Å²) in [6.07, 6.45) is 0. The van der Waals surface area contributed by atoms with Crippen molar-refractivity contribution in [3.8, 4) is 0 Å². The van der Waals surface area contributed by atoms with Crippen LogP contribution in [0.2, 0.25) is 0 Å². The van der Waals surface area contributed by atoms with Crippen LogP contribution in [-0.2, 0) is 14.3 Å². The summed E-state index contributed by atoms with van der Waals surface area (Å²) in [4.78, 5) is 0. The van der Waals surface area contributed by atoms with E-state index in [2.05, 4.69) is 4.18 Å². The van der Waals surface area contributed by atoms with E-state index < -0.39 is 15.6 Å². The second kappa shape index (κ2) is 3.62. The molecule has 10 heavy (non-hydrogen) atoms. The van der Waals surface area contributed by atoms with Crippen LogP contribution in [0.1, 0.15) is 0 Å². The summed E-state index contributed by atoms with van der Waals surface area (Å²) >= 11 is 0. The summed E-state index contributed by atoms with van der Waals surface area (Å²) in [5.41, 5.74) is -5.30. The van der Waals surface area contributed by atoms with Gasteiger partial charge in [0.15, 0.2) is 0 Å². The first-order valence-corrected chi connectivity index (χ1v) is 3.09. The fourth-order valence-corrected chi connectivity index (χ4v) is 0.283. The van der Waals surface area contributed by atoms with E-state index in [4.69, 9.17) is 0 Å². The second-order valence-electron chi connectivity index (χ2n) is 1.07. The van der Waals surface area contributed by atoms with Crippen molar-refractivity contribution < 1.29 is 25.8 Å². The van der Waals surface area contributed by atoms with Crippen molar-refractivity contribution in [1.82, 2.24) is 0 Å². The smallest absolute Gasteiger partial charge is 0.267 e. The fourth-order valence-electron chi connectivity index (χ4n) is 0.0945. The summed E-state index contributed by atoms with van der Waals surface area (Å²) in [5, 5.41) is 0. The van der Waals surface area contributed by atoms with E-state index in [-0.39, 0.29) is 18.9 Å². The molecule has 0 bridgehead atoms. The van der Waals surface area contributed by atoms with Crippen LogP contribution >= 0.6 is 0 Å². The molecular weight excluding hydrogens is 168 g/mol. The van der Waals surface area contributed by atoms with Gasteiger partial charge >= 0.3 is 15.6 Å². The van der Waals surface area contributed by atoms with Crippen molar-refractivity contribution in [2.75, 3.05) is 7.11 Å². The molecule has 0 aliphatic heterocycles. The molecule has 0 aromatic rings. The van der Waals surface area contributed by atoms with Crippen LogP contribution in [-0.4, -0.2) is 39.9 Å². The average molecular weight is 171 g/mol. The van der Waals surface area contributed by atoms with Crippen LogP contribution in [0, 0.1) is 0 Å². The van der Waals surface area contributed by atoms with Gasteiger partial charge in [0, 0.05) is 18.9 Å². The Bertz CT molecular complexity index is 182. The molecule has 0 unspecified atom stereocenters. The molecule has 0 N–H and O–H groups in total. The van der Waals surface area contributed by atoms with E-state index in [0.29, 0.717) is 7.11 Å². The molecule has 3 nitrogen and oxygen atoms in total. The minimum atomic E-state index is -5.34. The van der Waals surface area contributed by atoms with Gasteiger partial charge in [-0.2, -0.15) is 21.6 Å². The van der Waals surface area contributed by atoms with Gasteiger partial charge in [0.2, 0.25) is 0 Å². The summed E-state index contributed by atoms with van der Waals surface area (Å²) in [6.45, 7) is 0. The molecule has 0 aliphatic carbocycles. The Balaban J connectivity index is 0. The van der Waals surface area contributed by atoms with E-state index in [0.717, 1.165) is 0 Å². The molecule has 0 aliphatic rings. The quantitative estimate of drug-likeness (QED) is 0.319. The van der Waals surface area contributed by atoms with Gasteiger partial charge in [-0.1, -0.05) is 0 Å². The molecular formula is C2H3F3LiO3S. The van der Waals surface area contributed by atoms with Gasteiger partial charge in [0.1, 0.15) is 0 Å². The van der Waals surface area contributed by atoms with Crippen molar-refractivity contribution in [1.29, 1.82) is 0 Å². The third-order valence-electron chi connectivity index (χ3n) is 0.503. The number of hydrogen-bond acceptors (Lipinski definition) is 3. The first-order chi connectivity index (χ1) is 3.81. The maximum absolute atomic E-state index is 11.1. The molecule has 1 radical (unpaired) electrons. The normalized spacial score (nSPS) is 12.4. The van der Waals surface area contributed by atoms with Crippen LogP contribution in [0.5, 0.6) is 0 Å². The minimum absolute atomic E-state index is 0. The summed E-state index contributed by atoms with van der Waals surface area (Å²) in [7, 11) is -4.89. The second-order valence-corrected chi connectivity index (χ2v) is 2.77. The predicted octanol–water partition coefficient (Wildman–Crippen LogP) is 0.102. The molecule has 0 fully saturated rings. The molecule has 0 aromatic heterocycles. The third-order valence-corrected chi connectivity index (χ3v) is 1.51. The Morgan fingerprint density at radius 1 is 1.30 bits per heavy atom. The number of hydrogen-bond donors (Lipinski definition) is 0. The monoisotopic (exact) mass is 171 g/mol. The maximum Gasteiger partial charge on any atom is 0.523 e. The molecule has 0 spiro atoms. The van der Waals surface area contributed by atoms with Crippen molar-refractivity contribution in [2.24, 2.45) is 0 Å². The molecule has 8 heteroatoms. The van der Waals surface area contributed by atoms with Crippen LogP contribution in [0.4, 0.5) is 13.2 Å². The fraction of sp³-hybridized carbons (Fsp3) is 1.00. The van der Waals surface area contributed by atoms with Gasteiger partial charge in [-0.15, -0.1) is 0 Å². The van der Waals surface area contributed by atoms with Gasteiger partial charge < -0.3 is 0 Å². The molecule has 0 amide bonds. The van der Waals surface area contributed by atoms with Crippen molar-refractivity contribution >= 4 is 29.0 Å². The number of rotatable bonds is 1. The zero-order chi connectivity index (χ0) is 7.71. The SMILES string of the molecule is COS(=O)(=O)C(F)(F)F.[Li]. The standard InChI is InChI=1S/C2H3F3O3S.Li/c1-8-9(6,7)2(3,4)5;/h1H3;. The van der Waals surface area contributed by atoms with Gasteiger partial charge in [0.25, 0.3) is 0 Å². The van der Waals surface area contributed by atoms with Gasteiger partial charge in [-0.3, -0.25) is 4.18 Å². The van der Waals surface area contributed by atoms with Crippen molar-refractivity contribution in [2.45, 2.75) is 5.51 Å². The molecule has 0 saturated carbocycles. The zero-order valence-corrected chi connectivity index (χ0v) is 6.08. The van der Waals surface area contributed by atoms with E-state index in [1.54, 1.807) is 0 Å². The average Bonchev–Trinajstić information content (AvgIpc) is 1.64. The summed E-state index contributed by atoms with van der Waals surface area (Å²) in [6, 6.07) is 0. The van der Waals surface area contributed by atoms with Crippen LogP contribution in [0.3, 0.4) is 0 Å². The molecule has 0 atom stereocenters. The number of halogens is 3. The Morgan fingerprint density at radius 3 is 1.60 bits per heavy atom. The van der Waals surface area contributed by atoms with Crippen LogP contribution in [0.15, 0.2) is 0 Å². The van der Waals surface area contributed by atoms with Crippen LogP contribution < -0.4 is 0 Å². The molecule has 0 saturated heterocycles. The summed E-state index contributed by atoms with van der Waals surface area (Å²) in [5.74, 6) is 0. The van der Waals surface area contributed by atoms with E-state index >= 15 is 0 Å². The van der Waals surface area contributed by atoms with E-state index in [9.17, 15) is 21.6 Å². The minimum Gasteiger partial charge on any atom is -0.267 e. The van der Waals surface area contributed by atoms with Crippen molar-refractivity contribution in [3.63, 3.8) is 0 Å². The van der Waals surface area contributed by atoms with E-state index in [1.165, 1.54) is 0 Å². The van der Waals surface area contributed by atoms with Crippen molar-refractivity contribution in [3.05, 3.63) is 0 Å². The molecule has 57 valence electrons. The first-order valence-electron chi connectivity index (χ1n) is 1.68. The number of alkyl halides is 3. The topological polar surface area (TPSA) is 43.4 Å². The van der Waals surface area contributed by atoms with Gasteiger partial charge in [-0.05, 0) is 0 Å². The van der Waals surface area contributed by atoms with E-state index in [1.807, 2.05) is 0 Å². The molecule has 0 aromatic carbocycles. The Hall–Kier alpha value is 0.297. The zero-order valence-electron chi connectivity index (χ0n) is 5.27. The summed E-state index contributed by atoms with van der Waals surface area (Å²) < 4.78 is 55.9. The maximum atomic E-state index is 11.1.